The van der Waals surface area contributed by atoms with Gasteiger partial charge in [-0.05, 0) is 25.0 Å². The molecule has 2 atom stereocenters. The molecule has 0 aromatic heterocycles. The Bertz CT molecular complexity index is 547. The molecule has 1 saturated carbocycles. The van der Waals surface area contributed by atoms with Crippen molar-refractivity contribution in [2.24, 2.45) is 0 Å². The number of benzene rings is 1. The first-order chi connectivity index (χ1) is 8.02. The third kappa shape index (κ3) is 1.84. The highest BCUT2D eigenvalue weighted by molar-refractivity contribution is 7.93. The third-order valence-electron chi connectivity index (χ3n) is 3.22. The molecule has 17 heavy (non-hydrogen) atoms. The van der Waals surface area contributed by atoms with E-state index in [4.69, 9.17) is 0 Å². The molecule has 1 aliphatic carbocycles. The molecule has 0 aliphatic heterocycles. The summed E-state index contributed by atoms with van der Waals surface area (Å²) in [6.45, 7) is 0. The average molecular weight is 251 g/mol. The van der Waals surface area contributed by atoms with Crippen molar-refractivity contribution in [3.63, 3.8) is 0 Å². The molecule has 0 saturated heterocycles. The summed E-state index contributed by atoms with van der Waals surface area (Å²) in [5, 5.41) is 18.7. The molecule has 0 amide bonds. The molecular weight excluding hydrogens is 238 g/mol. The lowest BCUT2D eigenvalue weighted by Gasteiger charge is -2.20. The molecular formula is C12H13NO3S. The van der Waals surface area contributed by atoms with Crippen LogP contribution in [0.1, 0.15) is 19.3 Å². The zero-order chi connectivity index (χ0) is 12.5. The molecule has 1 aliphatic rings. The highest BCUT2D eigenvalue weighted by atomic mass is 32.2. The van der Waals surface area contributed by atoms with E-state index in [0.717, 1.165) is 0 Å². The molecule has 1 aromatic carbocycles. The summed E-state index contributed by atoms with van der Waals surface area (Å²) in [7, 11) is -3.70. The lowest BCUT2D eigenvalue weighted by atomic mass is 10.1. The van der Waals surface area contributed by atoms with E-state index in [1.807, 2.05) is 6.07 Å². The number of nitrogens with zero attached hydrogens (tertiary/aromatic N) is 1. The topological polar surface area (TPSA) is 78.2 Å². The lowest BCUT2D eigenvalue weighted by Crippen LogP contribution is -2.35. The number of sulfone groups is 1. The van der Waals surface area contributed by atoms with Crippen molar-refractivity contribution in [3.05, 3.63) is 30.3 Å². The Kier molecular flexibility index (Phi) is 2.94. The van der Waals surface area contributed by atoms with E-state index in [1.54, 1.807) is 18.2 Å². The van der Waals surface area contributed by atoms with Gasteiger partial charge in [-0.15, -0.1) is 0 Å². The van der Waals surface area contributed by atoms with Gasteiger partial charge >= 0.3 is 0 Å². The summed E-state index contributed by atoms with van der Waals surface area (Å²) < 4.78 is 23.3. The van der Waals surface area contributed by atoms with Crippen LogP contribution in [0.3, 0.4) is 0 Å². The summed E-state index contributed by atoms with van der Waals surface area (Å²) in [6, 6.07) is 9.85. The van der Waals surface area contributed by atoms with E-state index in [0.29, 0.717) is 6.42 Å². The van der Waals surface area contributed by atoms with Crippen molar-refractivity contribution >= 4 is 9.84 Å². The first kappa shape index (κ1) is 12.1. The largest absolute Gasteiger partial charge is 0.393 e. The van der Waals surface area contributed by atoms with Gasteiger partial charge in [0.05, 0.1) is 17.1 Å². The van der Waals surface area contributed by atoms with Crippen LogP contribution in [-0.2, 0) is 9.84 Å². The van der Waals surface area contributed by atoms with Crippen molar-refractivity contribution in [3.8, 4) is 6.07 Å². The van der Waals surface area contributed by atoms with Crippen LogP contribution in [0.25, 0.3) is 0 Å². The van der Waals surface area contributed by atoms with Gasteiger partial charge in [0.1, 0.15) is 0 Å². The lowest BCUT2D eigenvalue weighted by molar-refractivity contribution is 0.181. The monoisotopic (exact) mass is 251 g/mol. The summed E-state index contributed by atoms with van der Waals surface area (Å²) in [5.41, 5.74) is 0. The molecule has 2 rings (SSSR count). The summed E-state index contributed by atoms with van der Waals surface area (Å²) in [5.74, 6) is 0. The smallest absolute Gasteiger partial charge is 0.197 e. The van der Waals surface area contributed by atoms with Crippen LogP contribution in [-0.4, -0.2) is 24.4 Å². The van der Waals surface area contributed by atoms with Crippen LogP contribution in [0.2, 0.25) is 0 Å². The van der Waals surface area contributed by atoms with Crippen molar-refractivity contribution in [2.45, 2.75) is 35.0 Å². The van der Waals surface area contributed by atoms with Gasteiger partial charge in [0.2, 0.25) is 0 Å². The minimum Gasteiger partial charge on any atom is -0.393 e. The van der Waals surface area contributed by atoms with Gasteiger partial charge in [0, 0.05) is 6.42 Å². The van der Waals surface area contributed by atoms with Gasteiger partial charge < -0.3 is 5.11 Å². The maximum Gasteiger partial charge on any atom is 0.197 e. The summed E-state index contributed by atoms with van der Waals surface area (Å²) >= 11 is 0. The van der Waals surface area contributed by atoms with Gasteiger partial charge in [-0.3, -0.25) is 0 Å². The molecule has 0 heterocycles. The molecule has 0 spiro atoms. The van der Waals surface area contributed by atoms with Gasteiger partial charge in [-0.1, -0.05) is 18.2 Å². The highest BCUT2D eigenvalue weighted by Crippen LogP contribution is 2.39. The maximum absolute atomic E-state index is 12.4. The molecule has 0 bridgehead atoms. The maximum atomic E-state index is 12.4. The average Bonchev–Trinajstić information content (AvgIpc) is 2.74. The molecule has 90 valence electrons. The van der Waals surface area contributed by atoms with Crippen LogP contribution >= 0.6 is 0 Å². The first-order valence-corrected chi connectivity index (χ1v) is 6.89. The quantitative estimate of drug-likeness (QED) is 0.858. The first-order valence-electron chi connectivity index (χ1n) is 5.41. The summed E-state index contributed by atoms with van der Waals surface area (Å²) in [6.07, 6.45) is -0.143. The van der Waals surface area contributed by atoms with Crippen LogP contribution < -0.4 is 0 Å². The molecule has 1 aromatic rings. The van der Waals surface area contributed by atoms with Gasteiger partial charge in [-0.25, -0.2) is 8.42 Å². The molecule has 1 fully saturated rings. The van der Waals surface area contributed by atoms with Crippen LogP contribution in [0, 0.1) is 11.3 Å². The second-order valence-corrected chi connectivity index (χ2v) is 6.58. The fraction of sp³-hybridized carbons (Fsp3) is 0.417. The third-order valence-corrected chi connectivity index (χ3v) is 5.60. The Labute approximate surface area is 100 Å². The van der Waals surface area contributed by atoms with Crippen molar-refractivity contribution in [1.29, 1.82) is 5.26 Å². The zero-order valence-corrected chi connectivity index (χ0v) is 10.0. The highest BCUT2D eigenvalue weighted by Gasteiger charge is 2.50. The van der Waals surface area contributed by atoms with E-state index in [2.05, 4.69) is 0 Å². The van der Waals surface area contributed by atoms with Gasteiger partial charge in [0.15, 0.2) is 14.6 Å². The Balaban J connectivity index is 2.50. The predicted octanol–water partition coefficient (Wildman–Crippen LogP) is 1.27. The van der Waals surface area contributed by atoms with E-state index in [-0.39, 0.29) is 17.7 Å². The van der Waals surface area contributed by atoms with E-state index in [1.165, 1.54) is 12.1 Å². The second-order valence-electron chi connectivity index (χ2n) is 4.32. The molecule has 4 nitrogen and oxygen atoms in total. The van der Waals surface area contributed by atoms with Gasteiger partial charge in [-0.2, -0.15) is 5.26 Å². The van der Waals surface area contributed by atoms with Crippen molar-refractivity contribution in [1.82, 2.24) is 0 Å². The van der Waals surface area contributed by atoms with Crippen molar-refractivity contribution < 1.29 is 13.5 Å². The number of aliphatic hydroxyl groups excluding tert-OH is 1. The minimum atomic E-state index is -3.70. The van der Waals surface area contributed by atoms with Crippen LogP contribution in [0.5, 0.6) is 0 Å². The van der Waals surface area contributed by atoms with E-state index < -0.39 is 20.7 Å². The van der Waals surface area contributed by atoms with Crippen molar-refractivity contribution in [2.75, 3.05) is 0 Å². The Hall–Kier alpha value is -1.38. The standard InChI is InChI=1S/C12H13NO3S/c13-9-12(7-6-10(14)8-12)17(15,16)11-4-2-1-3-5-11/h1-5,10,14H,6-8H2. The SMILES string of the molecule is N#CC1(S(=O)(=O)c2ccccc2)CCC(O)C1. The molecule has 2 unspecified atom stereocenters. The number of hydrogen-bond donors (Lipinski definition) is 1. The van der Waals surface area contributed by atoms with Crippen LogP contribution in [0.4, 0.5) is 0 Å². The van der Waals surface area contributed by atoms with E-state index in [9.17, 15) is 18.8 Å². The second kappa shape index (κ2) is 4.13. The number of nitriles is 1. The zero-order valence-electron chi connectivity index (χ0n) is 9.20. The van der Waals surface area contributed by atoms with E-state index >= 15 is 0 Å². The number of rotatable bonds is 2. The Morgan fingerprint density at radius 1 is 1.35 bits per heavy atom. The predicted molar refractivity (Wildman–Crippen MR) is 61.8 cm³/mol. The number of aliphatic hydroxyl groups is 1. The Morgan fingerprint density at radius 3 is 2.47 bits per heavy atom. The molecule has 5 heteroatoms. The fourth-order valence-corrected chi connectivity index (χ4v) is 4.10. The summed E-state index contributed by atoms with van der Waals surface area (Å²) in [4.78, 5) is 0.149. The minimum absolute atomic E-state index is 0.000722. The molecule has 1 N–H and O–H groups in total. The normalized spacial score (nSPS) is 28.8. The van der Waals surface area contributed by atoms with Crippen LogP contribution in [0.15, 0.2) is 35.2 Å². The van der Waals surface area contributed by atoms with Gasteiger partial charge in [0.25, 0.3) is 0 Å². The number of hydrogen-bond acceptors (Lipinski definition) is 4. The molecule has 0 radical (unpaired) electrons. The Morgan fingerprint density at radius 2 is 2.00 bits per heavy atom. The fourth-order valence-electron chi connectivity index (χ4n) is 2.22.